The van der Waals surface area contributed by atoms with Crippen molar-refractivity contribution < 1.29 is 15.0 Å². The average Bonchev–Trinajstić information content (AvgIpc) is 1.88. The predicted octanol–water partition coefficient (Wildman–Crippen LogP) is -1.15. The molecular weight excluding hydrogens is 134 g/mol. The van der Waals surface area contributed by atoms with Crippen molar-refractivity contribution in [2.24, 2.45) is 11.1 Å². The Labute approximate surface area is 59.7 Å². The minimum absolute atomic E-state index is 0.139. The molecular formula is C6H13NO3. The number of carbonyl (C=O) groups excluding carboxylic acids is 1. The molecule has 0 aliphatic carbocycles. The minimum Gasteiger partial charge on any atom is -0.396 e. The molecule has 0 saturated carbocycles. The highest BCUT2D eigenvalue weighted by Gasteiger charge is 2.29. The van der Waals surface area contributed by atoms with Crippen LogP contribution in [0, 0.1) is 5.41 Å². The number of aliphatic hydroxyl groups excluding tert-OH is 2. The van der Waals surface area contributed by atoms with Crippen LogP contribution in [0.1, 0.15) is 13.3 Å². The van der Waals surface area contributed by atoms with Crippen molar-refractivity contribution in [1.82, 2.24) is 0 Å². The molecule has 0 radical (unpaired) electrons. The number of aliphatic hydroxyl groups is 2. The number of carbonyl (C=O) groups is 1. The highest BCUT2D eigenvalue weighted by molar-refractivity contribution is 5.80. The van der Waals surface area contributed by atoms with Crippen LogP contribution in [-0.2, 0) is 4.79 Å². The fourth-order valence-corrected chi connectivity index (χ4v) is 0.527. The maximum absolute atomic E-state index is 10.6. The van der Waals surface area contributed by atoms with E-state index in [2.05, 4.69) is 0 Å². The highest BCUT2D eigenvalue weighted by atomic mass is 16.3. The minimum atomic E-state index is -0.964. The summed E-state index contributed by atoms with van der Waals surface area (Å²) in [4.78, 5) is 10.6. The van der Waals surface area contributed by atoms with Crippen molar-refractivity contribution in [2.45, 2.75) is 13.3 Å². The quantitative estimate of drug-likeness (QED) is 0.469. The third kappa shape index (κ3) is 1.97. The molecule has 0 aliphatic rings. The zero-order valence-corrected chi connectivity index (χ0v) is 6.00. The van der Waals surface area contributed by atoms with Gasteiger partial charge in [-0.05, 0) is 13.3 Å². The van der Waals surface area contributed by atoms with Gasteiger partial charge in [-0.1, -0.05) is 0 Å². The van der Waals surface area contributed by atoms with Gasteiger partial charge in [-0.15, -0.1) is 0 Å². The lowest BCUT2D eigenvalue weighted by molar-refractivity contribution is -0.129. The molecule has 60 valence electrons. The van der Waals surface area contributed by atoms with Crippen LogP contribution in [0.5, 0.6) is 0 Å². The van der Waals surface area contributed by atoms with E-state index in [0.29, 0.717) is 0 Å². The largest absolute Gasteiger partial charge is 0.396 e. The average molecular weight is 147 g/mol. The highest BCUT2D eigenvalue weighted by Crippen LogP contribution is 2.18. The van der Waals surface area contributed by atoms with Gasteiger partial charge in [0, 0.05) is 6.61 Å². The van der Waals surface area contributed by atoms with E-state index in [1.807, 2.05) is 0 Å². The van der Waals surface area contributed by atoms with Gasteiger partial charge in [0.2, 0.25) is 5.91 Å². The SMILES string of the molecule is CC(CO)(CCO)C(N)=O. The molecule has 0 saturated heterocycles. The molecule has 0 heterocycles. The maximum atomic E-state index is 10.6. The number of primary amides is 1. The summed E-state index contributed by atoms with van der Waals surface area (Å²) in [6, 6.07) is 0. The lowest BCUT2D eigenvalue weighted by Gasteiger charge is -2.21. The van der Waals surface area contributed by atoms with Crippen LogP contribution >= 0.6 is 0 Å². The van der Waals surface area contributed by atoms with Gasteiger partial charge in [0.1, 0.15) is 0 Å². The fourth-order valence-electron chi connectivity index (χ4n) is 0.527. The normalized spacial score (nSPS) is 16.3. The lowest BCUT2D eigenvalue weighted by atomic mass is 9.87. The Morgan fingerprint density at radius 3 is 2.20 bits per heavy atom. The summed E-state index contributed by atoms with van der Waals surface area (Å²) in [7, 11) is 0. The Bertz CT molecular complexity index is 126. The summed E-state index contributed by atoms with van der Waals surface area (Å²) in [6.07, 6.45) is 0.207. The van der Waals surface area contributed by atoms with E-state index in [4.69, 9.17) is 15.9 Å². The van der Waals surface area contributed by atoms with Gasteiger partial charge >= 0.3 is 0 Å². The van der Waals surface area contributed by atoms with Crippen LogP contribution in [0.4, 0.5) is 0 Å². The Balaban J connectivity index is 4.08. The summed E-state index contributed by atoms with van der Waals surface area (Å²) in [6.45, 7) is 1.06. The molecule has 1 amide bonds. The molecule has 1 unspecified atom stereocenters. The van der Waals surface area contributed by atoms with E-state index >= 15 is 0 Å². The van der Waals surface area contributed by atoms with Crippen LogP contribution in [0.2, 0.25) is 0 Å². The Hall–Kier alpha value is -0.610. The van der Waals surface area contributed by atoms with Gasteiger partial charge < -0.3 is 15.9 Å². The van der Waals surface area contributed by atoms with Crippen LogP contribution in [0.15, 0.2) is 0 Å². The summed E-state index contributed by atoms with van der Waals surface area (Å²) >= 11 is 0. The van der Waals surface area contributed by atoms with Crippen molar-refractivity contribution in [3.05, 3.63) is 0 Å². The van der Waals surface area contributed by atoms with Gasteiger partial charge in [0.25, 0.3) is 0 Å². The molecule has 0 aliphatic heterocycles. The van der Waals surface area contributed by atoms with E-state index in [1.165, 1.54) is 6.92 Å². The number of amides is 1. The molecule has 0 fully saturated rings. The first kappa shape index (κ1) is 9.39. The van der Waals surface area contributed by atoms with Crippen LogP contribution in [-0.4, -0.2) is 29.3 Å². The van der Waals surface area contributed by atoms with Gasteiger partial charge in [-0.25, -0.2) is 0 Å². The van der Waals surface area contributed by atoms with Gasteiger partial charge in [-0.3, -0.25) is 4.79 Å². The number of hydrogen-bond donors (Lipinski definition) is 3. The smallest absolute Gasteiger partial charge is 0.225 e. The van der Waals surface area contributed by atoms with Crippen molar-refractivity contribution >= 4 is 5.91 Å². The number of rotatable bonds is 4. The molecule has 1 atom stereocenters. The van der Waals surface area contributed by atoms with Crippen molar-refractivity contribution in [1.29, 1.82) is 0 Å². The molecule has 4 heteroatoms. The summed E-state index contributed by atoms with van der Waals surface area (Å²) < 4.78 is 0. The van der Waals surface area contributed by atoms with Crippen LogP contribution in [0.25, 0.3) is 0 Å². The maximum Gasteiger partial charge on any atom is 0.225 e. The molecule has 10 heavy (non-hydrogen) atoms. The predicted molar refractivity (Wildman–Crippen MR) is 36.1 cm³/mol. The third-order valence-corrected chi connectivity index (χ3v) is 1.61. The fraction of sp³-hybridized carbons (Fsp3) is 0.833. The van der Waals surface area contributed by atoms with Crippen molar-refractivity contribution in [3.8, 4) is 0 Å². The zero-order chi connectivity index (χ0) is 8.20. The van der Waals surface area contributed by atoms with E-state index in [9.17, 15) is 4.79 Å². The van der Waals surface area contributed by atoms with E-state index in [1.54, 1.807) is 0 Å². The molecule has 4 nitrogen and oxygen atoms in total. The zero-order valence-electron chi connectivity index (χ0n) is 6.00. The topological polar surface area (TPSA) is 83.6 Å². The molecule has 0 aromatic carbocycles. The summed E-state index contributed by atoms with van der Waals surface area (Å²) in [5.41, 5.74) is 3.99. The number of hydrogen-bond acceptors (Lipinski definition) is 3. The molecule has 0 bridgehead atoms. The Morgan fingerprint density at radius 1 is 1.60 bits per heavy atom. The second-order valence-corrected chi connectivity index (χ2v) is 2.56. The van der Waals surface area contributed by atoms with Gasteiger partial charge in [0.15, 0.2) is 0 Å². The molecule has 0 aromatic rings. The Morgan fingerprint density at radius 2 is 2.10 bits per heavy atom. The van der Waals surface area contributed by atoms with Crippen molar-refractivity contribution in [2.75, 3.05) is 13.2 Å². The standard InChI is InChI=1S/C6H13NO3/c1-6(4-9,2-3-8)5(7)10/h8-9H,2-4H2,1H3,(H2,7,10). The molecule has 0 aromatic heterocycles. The monoisotopic (exact) mass is 147 g/mol. The first-order valence-corrected chi connectivity index (χ1v) is 3.08. The van der Waals surface area contributed by atoms with Crippen LogP contribution in [0.3, 0.4) is 0 Å². The van der Waals surface area contributed by atoms with E-state index < -0.39 is 11.3 Å². The lowest BCUT2D eigenvalue weighted by Crippen LogP contribution is -2.38. The first-order valence-electron chi connectivity index (χ1n) is 3.08. The van der Waals surface area contributed by atoms with Crippen molar-refractivity contribution in [3.63, 3.8) is 0 Å². The summed E-state index contributed by atoms with van der Waals surface area (Å²) in [5, 5.41) is 17.1. The second kappa shape index (κ2) is 3.53. The number of nitrogens with two attached hydrogens (primary N) is 1. The van der Waals surface area contributed by atoms with Crippen LogP contribution < -0.4 is 5.73 Å². The summed E-state index contributed by atoms with van der Waals surface area (Å²) in [5.74, 6) is -0.580. The molecule has 4 N–H and O–H groups in total. The first-order chi connectivity index (χ1) is 4.56. The Kier molecular flexibility index (Phi) is 3.32. The van der Waals surface area contributed by atoms with Gasteiger partial charge in [-0.2, -0.15) is 0 Å². The second-order valence-electron chi connectivity index (χ2n) is 2.56. The van der Waals surface area contributed by atoms with Gasteiger partial charge in [0.05, 0.1) is 12.0 Å². The molecule has 0 rings (SSSR count). The third-order valence-electron chi connectivity index (χ3n) is 1.61. The van der Waals surface area contributed by atoms with E-state index in [0.717, 1.165) is 0 Å². The van der Waals surface area contributed by atoms with E-state index in [-0.39, 0.29) is 19.6 Å². The molecule has 0 spiro atoms.